The number of carbonyl (C=O) groups excluding carboxylic acids is 1. The molecule has 2 atom stereocenters. The summed E-state index contributed by atoms with van der Waals surface area (Å²) in [7, 11) is 0. The van der Waals surface area contributed by atoms with Gasteiger partial charge in [0.25, 0.3) is 0 Å². The monoisotopic (exact) mass is 447 g/mol. The van der Waals surface area contributed by atoms with E-state index in [-0.39, 0.29) is 30.4 Å². The van der Waals surface area contributed by atoms with Crippen molar-refractivity contribution in [3.05, 3.63) is 59.7 Å². The number of carbonyl (C=O) groups is 2. The number of amides is 1. The normalized spacial score (nSPS) is 24.3. The van der Waals surface area contributed by atoms with Crippen LogP contribution in [0.2, 0.25) is 0 Å². The van der Waals surface area contributed by atoms with Gasteiger partial charge in [0.1, 0.15) is 12.1 Å². The first kappa shape index (κ1) is 22.0. The molecule has 0 aromatic heterocycles. The number of aliphatic carboxylic acids is 1. The maximum absolute atomic E-state index is 13.6. The Kier molecular flexibility index (Phi) is 5.67. The van der Waals surface area contributed by atoms with E-state index in [9.17, 15) is 14.7 Å². The maximum Gasteiger partial charge on any atom is 0.411 e. The Morgan fingerprint density at radius 2 is 1.61 bits per heavy atom. The summed E-state index contributed by atoms with van der Waals surface area (Å²) in [5.74, 6) is -0.786. The van der Waals surface area contributed by atoms with Gasteiger partial charge in [0.2, 0.25) is 0 Å². The summed E-state index contributed by atoms with van der Waals surface area (Å²) in [6.45, 7) is 4.38. The van der Waals surface area contributed by atoms with Crippen LogP contribution in [0.1, 0.15) is 69.4 Å². The molecule has 3 aliphatic rings. The molecule has 0 spiro atoms. The number of fused-ring (bicyclic) bond motifs is 3. The first-order valence-electron chi connectivity index (χ1n) is 12.3. The summed E-state index contributed by atoms with van der Waals surface area (Å²) < 4.78 is 5.98. The second kappa shape index (κ2) is 8.51. The fourth-order valence-corrected chi connectivity index (χ4v) is 6.37. The van der Waals surface area contributed by atoms with Crippen molar-refractivity contribution in [1.82, 2.24) is 4.90 Å². The Morgan fingerprint density at radius 1 is 1.00 bits per heavy atom. The lowest BCUT2D eigenvalue weighted by Crippen LogP contribution is -2.64. The van der Waals surface area contributed by atoms with Crippen LogP contribution in [-0.2, 0) is 9.53 Å². The van der Waals surface area contributed by atoms with Crippen LogP contribution in [-0.4, -0.2) is 40.3 Å². The zero-order chi connectivity index (χ0) is 23.2. The van der Waals surface area contributed by atoms with E-state index in [2.05, 4.69) is 38.1 Å². The fraction of sp³-hybridized carbons (Fsp3) is 0.500. The van der Waals surface area contributed by atoms with Crippen LogP contribution in [0.25, 0.3) is 11.1 Å². The smallest absolute Gasteiger partial charge is 0.411 e. The Hall–Kier alpha value is -2.82. The molecule has 3 aliphatic carbocycles. The first-order chi connectivity index (χ1) is 15.9. The molecule has 33 heavy (non-hydrogen) atoms. The van der Waals surface area contributed by atoms with Crippen LogP contribution in [0.5, 0.6) is 0 Å². The first-order valence-corrected chi connectivity index (χ1v) is 12.3. The highest BCUT2D eigenvalue weighted by atomic mass is 16.6. The van der Waals surface area contributed by atoms with Gasteiger partial charge in [-0.1, -0.05) is 75.2 Å². The molecule has 5 heteroatoms. The van der Waals surface area contributed by atoms with E-state index in [0.717, 1.165) is 43.2 Å². The second-order valence-electron chi connectivity index (χ2n) is 10.2. The van der Waals surface area contributed by atoms with Crippen molar-refractivity contribution >= 4 is 12.1 Å². The number of carboxylic acids is 1. The Morgan fingerprint density at radius 3 is 2.15 bits per heavy atom. The second-order valence-corrected chi connectivity index (χ2v) is 10.2. The van der Waals surface area contributed by atoms with Gasteiger partial charge < -0.3 is 9.84 Å². The summed E-state index contributed by atoms with van der Waals surface area (Å²) in [5, 5.41) is 10.5. The number of hydrogen-bond acceptors (Lipinski definition) is 3. The summed E-state index contributed by atoms with van der Waals surface area (Å²) in [6, 6.07) is 16.5. The van der Waals surface area contributed by atoms with E-state index in [1.807, 2.05) is 24.3 Å². The van der Waals surface area contributed by atoms with Crippen LogP contribution in [0.4, 0.5) is 4.79 Å². The van der Waals surface area contributed by atoms with Crippen LogP contribution >= 0.6 is 0 Å². The van der Waals surface area contributed by atoms with Gasteiger partial charge >= 0.3 is 12.1 Å². The zero-order valence-electron chi connectivity index (χ0n) is 19.5. The van der Waals surface area contributed by atoms with Crippen molar-refractivity contribution in [1.29, 1.82) is 0 Å². The number of ether oxygens (including phenoxy) is 1. The van der Waals surface area contributed by atoms with Crippen LogP contribution in [0.15, 0.2) is 48.5 Å². The highest BCUT2D eigenvalue weighted by Crippen LogP contribution is 2.48. The van der Waals surface area contributed by atoms with Crippen LogP contribution in [0.3, 0.4) is 0 Å². The molecule has 2 fully saturated rings. The van der Waals surface area contributed by atoms with Crippen molar-refractivity contribution in [2.24, 2.45) is 11.8 Å². The lowest BCUT2D eigenvalue weighted by atomic mass is 9.67. The molecule has 5 rings (SSSR count). The van der Waals surface area contributed by atoms with Gasteiger partial charge in [0.15, 0.2) is 0 Å². The number of benzene rings is 2. The van der Waals surface area contributed by atoms with E-state index in [0.29, 0.717) is 6.42 Å². The van der Waals surface area contributed by atoms with Gasteiger partial charge in [-0.25, -0.2) is 9.59 Å². The standard InChI is InChI=1S/C28H33NO4/c1-18(2)25-13-7-8-16-28(25,26(30)31)29(19-14-15-19)27(32)33-17-24-22-11-5-3-9-20(22)21-10-4-6-12-23(21)24/h3-6,9-12,18-19,24-25H,7-8,13-17H2,1-2H3,(H,30,31). The summed E-state index contributed by atoms with van der Waals surface area (Å²) in [4.78, 5) is 28.1. The average molecular weight is 448 g/mol. The number of rotatable bonds is 6. The van der Waals surface area contributed by atoms with Crippen molar-refractivity contribution < 1.29 is 19.4 Å². The molecular weight excluding hydrogens is 414 g/mol. The van der Waals surface area contributed by atoms with Gasteiger partial charge in [0.05, 0.1) is 0 Å². The molecular formula is C28H33NO4. The molecule has 0 radical (unpaired) electrons. The summed E-state index contributed by atoms with van der Waals surface area (Å²) >= 11 is 0. The minimum atomic E-state index is -1.17. The molecule has 0 aliphatic heterocycles. The molecule has 2 aromatic rings. The lowest BCUT2D eigenvalue weighted by Gasteiger charge is -2.49. The Bertz CT molecular complexity index is 1010. The molecule has 0 heterocycles. The summed E-state index contributed by atoms with van der Waals surface area (Å²) in [6.07, 6.45) is 4.43. The minimum absolute atomic E-state index is 0.0314. The highest BCUT2D eigenvalue weighted by molar-refractivity contribution is 5.86. The maximum atomic E-state index is 13.6. The lowest BCUT2D eigenvalue weighted by molar-refractivity contribution is -0.160. The van der Waals surface area contributed by atoms with Crippen molar-refractivity contribution in [3.63, 3.8) is 0 Å². The molecule has 2 unspecified atom stereocenters. The van der Waals surface area contributed by atoms with Crippen LogP contribution in [0, 0.1) is 11.8 Å². The van der Waals surface area contributed by atoms with E-state index in [4.69, 9.17) is 4.74 Å². The predicted octanol–water partition coefficient (Wildman–Crippen LogP) is 6.07. The average Bonchev–Trinajstić information content (AvgIpc) is 3.59. The van der Waals surface area contributed by atoms with Crippen molar-refractivity contribution in [2.75, 3.05) is 6.61 Å². The third-order valence-electron chi connectivity index (χ3n) is 7.99. The molecule has 0 bridgehead atoms. The molecule has 1 amide bonds. The van der Waals surface area contributed by atoms with Crippen molar-refractivity contribution in [2.45, 2.75) is 69.9 Å². The van der Waals surface area contributed by atoms with E-state index in [1.54, 1.807) is 4.90 Å². The molecule has 0 saturated heterocycles. The summed E-state index contributed by atoms with van der Waals surface area (Å²) in [5.41, 5.74) is 3.52. The Balaban J connectivity index is 1.43. The topological polar surface area (TPSA) is 66.8 Å². The van der Waals surface area contributed by atoms with Gasteiger partial charge in [-0.2, -0.15) is 0 Å². The molecule has 1 N–H and O–H groups in total. The third kappa shape index (κ3) is 3.62. The quantitative estimate of drug-likeness (QED) is 0.584. The number of nitrogens with zero attached hydrogens (tertiary/aromatic N) is 1. The molecule has 174 valence electrons. The van der Waals surface area contributed by atoms with E-state index >= 15 is 0 Å². The molecule has 2 aromatic carbocycles. The minimum Gasteiger partial charge on any atom is -0.479 e. The number of carboxylic acid groups (broad SMARTS) is 1. The fourth-order valence-electron chi connectivity index (χ4n) is 6.37. The van der Waals surface area contributed by atoms with Gasteiger partial charge in [-0.05, 0) is 59.8 Å². The van der Waals surface area contributed by atoms with E-state index in [1.165, 1.54) is 11.1 Å². The zero-order valence-corrected chi connectivity index (χ0v) is 19.5. The largest absolute Gasteiger partial charge is 0.479 e. The Labute approximate surface area is 195 Å². The predicted molar refractivity (Wildman–Crippen MR) is 127 cm³/mol. The molecule has 2 saturated carbocycles. The third-order valence-corrected chi connectivity index (χ3v) is 7.99. The number of hydrogen-bond donors (Lipinski definition) is 1. The van der Waals surface area contributed by atoms with E-state index < -0.39 is 17.6 Å². The van der Waals surface area contributed by atoms with Crippen LogP contribution < -0.4 is 0 Å². The van der Waals surface area contributed by atoms with Gasteiger partial charge in [-0.15, -0.1) is 0 Å². The molecule has 5 nitrogen and oxygen atoms in total. The van der Waals surface area contributed by atoms with Gasteiger partial charge in [0, 0.05) is 12.0 Å². The highest BCUT2D eigenvalue weighted by Gasteiger charge is 2.58. The van der Waals surface area contributed by atoms with Crippen molar-refractivity contribution in [3.8, 4) is 11.1 Å². The van der Waals surface area contributed by atoms with Gasteiger partial charge in [-0.3, -0.25) is 4.90 Å². The SMILES string of the molecule is CC(C)C1CCCCC1(C(=O)O)N(C(=O)OCC1c2ccccc2-c2ccccc21)C1CC1.